The number of unbranched alkanes of at least 4 members (excludes halogenated alkanes) is 4. The van der Waals surface area contributed by atoms with Crippen LogP contribution < -0.4 is 0 Å². The van der Waals surface area contributed by atoms with Gasteiger partial charge in [-0.2, -0.15) is 0 Å². The van der Waals surface area contributed by atoms with Crippen molar-refractivity contribution in [2.45, 2.75) is 52.4 Å². The van der Waals surface area contributed by atoms with E-state index in [-0.39, 0.29) is 0 Å². The first-order chi connectivity index (χ1) is 8.74. The quantitative estimate of drug-likeness (QED) is 0.263. The van der Waals surface area contributed by atoms with Crippen LogP contribution in [0.5, 0.6) is 0 Å². The molecule has 3 heteroatoms. The van der Waals surface area contributed by atoms with Crippen LogP contribution in [-0.2, 0) is 4.79 Å². The Labute approximate surface area is 111 Å². The molecule has 1 N–H and O–H groups in total. The number of hydrogen-bond acceptors (Lipinski definition) is 2. The van der Waals surface area contributed by atoms with Crippen LogP contribution in [0.4, 0.5) is 0 Å². The number of aliphatic hydroxyl groups excluding tert-OH is 1. The Hall–Kier alpha value is -1.25. The van der Waals surface area contributed by atoms with Crippen LogP contribution in [-0.4, -0.2) is 29.5 Å². The highest BCUT2D eigenvalue weighted by atomic mass is 16.3. The van der Waals surface area contributed by atoms with E-state index in [9.17, 15) is 9.90 Å². The van der Waals surface area contributed by atoms with Crippen molar-refractivity contribution >= 4 is 6.41 Å². The maximum absolute atomic E-state index is 10.8. The van der Waals surface area contributed by atoms with Crippen LogP contribution in [0, 0.1) is 0 Å². The molecule has 0 bridgehead atoms. The van der Waals surface area contributed by atoms with Gasteiger partial charge in [0.1, 0.15) is 5.76 Å². The topological polar surface area (TPSA) is 40.5 Å². The van der Waals surface area contributed by atoms with Crippen molar-refractivity contribution < 1.29 is 9.90 Å². The Bertz CT molecular complexity index is 259. The van der Waals surface area contributed by atoms with Crippen molar-refractivity contribution in [3.63, 3.8) is 0 Å². The molecule has 0 heterocycles. The summed E-state index contributed by atoms with van der Waals surface area (Å²) < 4.78 is 0. The fourth-order valence-electron chi connectivity index (χ4n) is 1.63. The first kappa shape index (κ1) is 16.8. The third kappa shape index (κ3) is 9.94. The molecule has 0 aromatic rings. The minimum Gasteiger partial charge on any atom is -0.508 e. The molecule has 0 saturated carbocycles. The smallest absolute Gasteiger partial charge is 0.209 e. The molecule has 0 aromatic carbocycles. The van der Waals surface area contributed by atoms with E-state index in [0.29, 0.717) is 5.76 Å². The molecule has 0 rings (SSSR count). The fourth-order valence-corrected chi connectivity index (χ4v) is 1.63. The zero-order valence-corrected chi connectivity index (χ0v) is 11.8. The van der Waals surface area contributed by atoms with Gasteiger partial charge in [-0.05, 0) is 44.8 Å². The summed E-state index contributed by atoms with van der Waals surface area (Å²) in [5.41, 5.74) is 0. The lowest BCUT2D eigenvalue weighted by molar-refractivity contribution is -0.118. The van der Waals surface area contributed by atoms with Crippen LogP contribution in [0.25, 0.3) is 0 Å². The molecule has 0 fully saturated rings. The van der Waals surface area contributed by atoms with E-state index in [4.69, 9.17) is 0 Å². The van der Waals surface area contributed by atoms with Gasteiger partial charge in [0.05, 0.1) is 0 Å². The lowest BCUT2D eigenvalue weighted by Crippen LogP contribution is -2.24. The van der Waals surface area contributed by atoms with Gasteiger partial charge in [-0.15, -0.1) is 0 Å². The third-order valence-corrected chi connectivity index (χ3v) is 2.85. The summed E-state index contributed by atoms with van der Waals surface area (Å²) in [7, 11) is 0. The summed E-state index contributed by atoms with van der Waals surface area (Å²) in [6, 6.07) is 0. The highest BCUT2D eigenvalue weighted by Crippen LogP contribution is 2.04. The van der Waals surface area contributed by atoms with Crippen LogP contribution >= 0.6 is 0 Å². The molecule has 0 spiro atoms. The predicted molar refractivity (Wildman–Crippen MR) is 76.5 cm³/mol. The monoisotopic (exact) mass is 253 g/mol. The molecule has 18 heavy (non-hydrogen) atoms. The number of nitrogens with zero attached hydrogens (tertiary/aromatic N) is 1. The zero-order valence-electron chi connectivity index (χ0n) is 11.8. The van der Waals surface area contributed by atoms with Crippen LogP contribution in [0.3, 0.4) is 0 Å². The van der Waals surface area contributed by atoms with Crippen LogP contribution in [0.1, 0.15) is 52.4 Å². The van der Waals surface area contributed by atoms with Crippen molar-refractivity contribution in [1.82, 2.24) is 4.90 Å². The van der Waals surface area contributed by atoms with Crippen molar-refractivity contribution in [2.75, 3.05) is 13.1 Å². The molecular formula is C15H27NO2. The molecule has 0 radical (unpaired) electrons. The summed E-state index contributed by atoms with van der Waals surface area (Å²) >= 11 is 0. The average molecular weight is 253 g/mol. The molecule has 0 saturated heterocycles. The molecule has 0 aliphatic carbocycles. The third-order valence-electron chi connectivity index (χ3n) is 2.85. The number of rotatable bonds is 11. The number of carbonyl (C=O) groups excluding carboxylic acids is 1. The Morgan fingerprint density at radius 3 is 2.50 bits per heavy atom. The molecular weight excluding hydrogens is 226 g/mol. The van der Waals surface area contributed by atoms with Gasteiger partial charge in [0, 0.05) is 13.1 Å². The zero-order chi connectivity index (χ0) is 13.6. The molecule has 0 atom stereocenters. The second-order valence-electron chi connectivity index (χ2n) is 4.46. The number of hydrogen-bond donors (Lipinski definition) is 1. The van der Waals surface area contributed by atoms with Gasteiger partial charge in [0.25, 0.3) is 0 Å². The second kappa shape index (κ2) is 12.2. The van der Waals surface area contributed by atoms with E-state index in [1.807, 2.05) is 17.9 Å². The molecule has 3 nitrogen and oxygen atoms in total. The van der Waals surface area contributed by atoms with Crippen molar-refractivity contribution in [1.29, 1.82) is 0 Å². The summed E-state index contributed by atoms with van der Waals surface area (Å²) in [5, 5.41) is 9.18. The molecule has 0 aromatic heterocycles. The highest BCUT2D eigenvalue weighted by Gasteiger charge is 1.99. The van der Waals surface area contributed by atoms with Crippen molar-refractivity contribution in [3.05, 3.63) is 24.0 Å². The summed E-state index contributed by atoms with van der Waals surface area (Å²) in [6.07, 6.45) is 12.8. The first-order valence-corrected chi connectivity index (χ1v) is 6.95. The maximum Gasteiger partial charge on any atom is 0.209 e. The summed E-state index contributed by atoms with van der Waals surface area (Å²) in [6.45, 7) is 5.70. The van der Waals surface area contributed by atoms with Gasteiger partial charge in [-0.1, -0.05) is 25.8 Å². The Kier molecular flexibility index (Phi) is 11.4. The van der Waals surface area contributed by atoms with Gasteiger partial charge in [-0.3, -0.25) is 4.79 Å². The van der Waals surface area contributed by atoms with E-state index in [0.717, 1.165) is 58.0 Å². The highest BCUT2D eigenvalue weighted by molar-refractivity contribution is 5.46. The Morgan fingerprint density at radius 1 is 1.17 bits per heavy atom. The van der Waals surface area contributed by atoms with E-state index < -0.39 is 0 Å². The minimum absolute atomic E-state index is 0.321. The van der Waals surface area contributed by atoms with E-state index in [2.05, 4.69) is 6.92 Å². The Morgan fingerprint density at radius 2 is 1.89 bits per heavy atom. The molecule has 0 unspecified atom stereocenters. The largest absolute Gasteiger partial charge is 0.508 e. The maximum atomic E-state index is 10.8. The lowest BCUT2D eigenvalue weighted by atomic mass is 10.1. The van der Waals surface area contributed by atoms with Gasteiger partial charge in [-0.25, -0.2) is 0 Å². The predicted octanol–water partition coefficient (Wildman–Crippen LogP) is 3.82. The first-order valence-electron chi connectivity index (χ1n) is 6.95. The van der Waals surface area contributed by atoms with Gasteiger partial charge in [0.2, 0.25) is 6.41 Å². The normalized spacial score (nSPS) is 12.0. The van der Waals surface area contributed by atoms with Gasteiger partial charge in [0.15, 0.2) is 0 Å². The number of amides is 1. The van der Waals surface area contributed by atoms with Crippen molar-refractivity contribution in [2.24, 2.45) is 0 Å². The molecule has 0 aliphatic heterocycles. The fraction of sp³-hybridized carbons (Fsp3) is 0.667. The van der Waals surface area contributed by atoms with E-state index >= 15 is 0 Å². The molecule has 0 aliphatic rings. The molecule has 1 amide bonds. The second-order valence-corrected chi connectivity index (χ2v) is 4.46. The molecule has 104 valence electrons. The van der Waals surface area contributed by atoms with E-state index in [1.165, 1.54) is 0 Å². The standard InChI is InChI=1S/C15H27NO2/c1-3-5-12-16(14-17)13-10-8-6-7-9-11-15(18)4-2/h4,9,11,14,18H,3,5-8,10,12-13H2,1-2H3/b11-9-,15-4+. The van der Waals surface area contributed by atoms with Crippen LogP contribution in [0.15, 0.2) is 24.0 Å². The van der Waals surface area contributed by atoms with Crippen LogP contribution in [0.2, 0.25) is 0 Å². The summed E-state index contributed by atoms with van der Waals surface area (Å²) in [5.74, 6) is 0.321. The van der Waals surface area contributed by atoms with Gasteiger partial charge >= 0.3 is 0 Å². The number of carbonyl (C=O) groups is 1. The van der Waals surface area contributed by atoms with Gasteiger partial charge < -0.3 is 10.0 Å². The Balaban J connectivity index is 3.49. The summed E-state index contributed by atoms with van der Waals surface area (Å²) in [4.78, 5) is 12.6. The average Bonchev–Trinajstić information content (AvgIpc) is 2.40. The number of aliphatic hydroxyl groups is 1. The number of allylic oxidation sites excluding steroid dienone is 3. The minimum atomic E-state index is 0.321. The van der Waals surface area contributed by atoms with Crippen molar-refractivity contribution in [3.8, 4) is 0 Å². The van der Waals surface area contributed by atoms with E-state index in [1.54, 1.807) is 12.2 Å². The lowest BCUT2D eigenvalue weighted by Gasteiger charge is -2.16. The SMILES string of the molecule is C/C=C(O)\C=C/CCCCCN(C=O)CCCC.